The van der Waals surface area contributed by atoms with Gasteiger partial charge in [0, 0.05) is 30.7 Å². The highest BCUT2D eigenvalue weighted by molar-refractivity contribution is 7.99. The zero-order valence-corrected chi connectivity index (χ0v) is 13.8. The van der Waals surface area contributed by atoms with E-state index >= 15 is 0 Å². The highest BCUT2D eigenvalue weighted by Crippen LogP contribution is 2.22. The number of benzene rings is 2. The van der Waals surface area contributed by atoms with Gasteiger partial charge in [0.05, 0.1) is 7.11 Å². The van der Waals surface area contributed by atoms with Crippen LogP contribution >= 0.6 is 11.8 Å². The zero-order valence-electron chi connectivity index (χ0n) is 13.0. The third-order valence-electron chi connectivity index (χ3n) is 3.33. The van der Waals surface area contributed by atoms with E-state index in [-0.39, 0.29) is 5.91 Å². The molecule has 4 heteroatoms. The molecule has 0 spiro atoms. The van der Waals surface area contributed by atoms with Crippen LogP contribution in [0.25, 0.3) is 0 Å². The number of hydrogen-bond acceptors (Lipinski definition) is 3. The van der Waals surface area contributed by atoms with Gasteiger partial charge in [-0.2, -0.15) is 0 Å². The lowest BCUT2D eigenvalue weighted by Crippen LogP contribution is -2.26. The fraction of sp³-hybridized carbons (Fsp3) is 0.278. The maximum absolute atomic E-state index is 12.1. The van der Waals surface area contributed by atoms with Crippen LogP contribution in [0.4, 0.5) is 0 Å². The van der Waals surface area contributed by atoms with Gasteiger partial charge in [-0.3, -0.25) is 4.79 Å². The normalized spacial score (nSPS) is 10.3. The van der Waals surface area contributed by atoms with Gasteiger partial charge < -0.3 is 9.64 Å². The molecule has 0 unspecified atom stereocenters. The average Bonchev–Trinajstić information content (AvgIpc) is 2.56. The van der Waals surface area contributed by atoms with E-state index in [1.165, 1.54) is 0 Å². The summed E-state index contributed by atoms with van der Waals surface area (Å²) < 4.78 is 5.13. The number of methoxy groups -OCH3 is 1. The van der Waals surface area contributed by atoms with E-state index in [9.17, 15) is 4.79 Å². The first kappa shape index (κ1) is 16.4. The van der Waals surface area contributed by atoms with Crippen LogP contribution in [-0.2, 0) is 11.3 Å². The van der Waals surface area contributed by atoms with Crippen LogP contribution in [0.15, 0.2) is 59.5 Å². The molecule has 0 aliphatic carbocycles. The lowest BCUT2D eigenvalue weighted by molar-refractivity contribution is -0.129. The Hall–Kier alpha value is -1.94. The Morgan fingerprint density at radius 3 is 2.41 bits per heavy atom. The number of rotatable bonds is 7. The molecule has 0 saturated carbocycles. The first-order valence-corrected chi connectivity index (χ1v) is 8.22. The third-order valence-corrected chi connectivity index (χ3v) is 4.35. The molecule has 3 nitrogen and oxygen atoms in total. The molecule has 0 saturated heterocycles. The van der Waals surface area contributed by atoms with Crippen molar-refractivity contribution in [3.05, 3.63) is 60.2 Å². The Kier molecular flexibility index (Phi) is 6.34. The molecule has 2 aromatic rings. The second kappa shape index (κ2) is 8.49. The molecule has 0 atom stereocenters. The summed E-state index contributed by atoms with van der Waals surface area (Å²) in [5.41, 5.74) is 1.15. The number of thioether (sulfide) groups is 1. The highest BCUT2D eigenvalue weighted by atomic mass is 32.2. The van der Waals surface area contributed by atoms with Crippen LogP contribution in [0.1, 0.15) is 12.0 Å². The van der Waals surface area contributed by atoms with Crippen molar-refractivity contribution in [3.8, 4) is 5.75 Å². The van der Waals surface area contributed by atoms with Crippen LogP contribution in [0.2, 0.25) is 0 Å². The van der Waals surface area contributed by atoms with Crippen LogP contribution in [-0.4, -0.2) is 30.7 Å². The van der Waals surface area contributed by atoms with Crippen molar-refractivity contribution in [2.45, 2.75) is 17.9 Å². The smallest absolute Gasteiger partial charge is 0.223 e. The summed E-state index contributed by atoms with van der Waals surface area (Å²) in [6, 6.07) is 17.9. The monoisotopic (exact) mass is 315 g/mol. The first-order chi connectivity index (χ1) is 10.7. The van der Waals surface area contributed by atoms with Gasteiger partial charge >= 0.3 is 0 Å². The van der Waals surface area contributed by atoms with Gasteiger partial charge in [0.25, 0.3) is 0 Å². The molecule has 0 aliphatic heterocycles. The van der Waals surface area contributed by atoms with Crippen molar-refractivity contribution >= 4 is 17.7 Å². The van der Waals surface area contributed by atoms with E-state index < -0.39 is 0 Å². The summed E-state index contributed by atoms with van der Waals surface area (Å²) in [6.45, 7) is 0.660. The maximum atomic E-state index is 12.1. The summed E-state index contributed by atoms with van der Waals surface area (Å²) in [5.74, 6) is 1.80. The fourth-order valence-corrected chi connectivity index (χ4v) is 2.91. The number of carbonyl (C=O) groups is 1. The Morgan fingerprint density at radius 2 is 1.77 bits per heavy atom. The average molecular weight is 315 g/mol. The van der Waals surface area contributed by atoms with Gasteiger partial charge in [-0.1, -0.05) is 30.3 Å². The molecule has 1 amide bonds. The summed E-state index contributed by atoms with van der Waals surface area (Å²) in [5, 5.41) is 0. The minimum absolute atomic E-state index is 0.171. The van der Waals surface area contributed by atoms with Crippen molar-refractivity contribution in [2.24, 2.45) is 0 Å². The molecule has 0 bridgehead atoms. The van der Waals surface area contributed by atoms with Crippen LogP contribution in [0.3, 0.4) is 0 Å². The topological polar surface area (TPSA) is 29.5 Å². The Balaban J connectivity index is 1.74. The number of ether oxygens (including phenoxy) is 1. The summed E-state index contributed by atoms with van der Waals surface area (Å²) in [4.78, 5) is 15.1. The Morgan fingerprint density at radius 1 is 1.09 bits per heavy atom. The molecular formula is C18H21NO2S. The number of nitrogens with zero attached hydrogens (tertiary/aromatic N) is 1. The molecule has 0 aliphatic rings. The van der Waals surface area contributed by atoms with Gasteiger partial charge in [0.2, 0.25) is 5.91 Å². The fourth-order valence-electron chi connectivity index (χ4n) is 2.06. The Bertz CT molecular complexity index is 584. The van der Waals surface area contributed by atoms with E-state index in [4.69, 9.17) is 4.74 Å². The number of hydrogen-bond donors (Lipinski definition) is 0. The van der Waals surface area contributed by atoms with Gasteiger partial charge in [0.1, 0.15) is 5.75 Å². The predicted octanol–water partition coefficient (Wildman–Crippen LogP) is 3.84. The van der Waals surface area contributed by atoms with Crippen molar-refractivity contribution < 1.29 is 9.53 Å². The van der Waals surface area contributed by atoms with E-state index in [0.717, 1.165) is 22.0 Å². The second-order valence-corrected chi connectivity index (χ2v) is 6.18. The van der Waals surface area contributed by atoms with Gasteiger partial charge in [-0.05, 0) is 29.8 Å². The molecule has 0 N–H and O–H groups in total. The highest BCUT2D eigenvalue weighted by Gasteiger charge is 2.09. The third kappa shape index (κ3) is 5.11. The van der Waals surface area contributed by atoms with Crippen molar-refractivity contribution in [2.75, 3.05) is 19.9 Å². The summed E-state index contributed by atoms with van der Waals surface area (Å²) in [6.07, 6.45) is 0.542. The standard InChI is InChI=1S/C18H21NO2S/c1-19(14-15-6-4-3-5-7-15)18(20)12-13-22-17-10-8-16(21-2)9-11-17/h3-11H,12-14H2,1-2H3. The molecular weight excluding hydrogens is 294 g/mol. The van der Waals surface area contributed by atoms with Crippen LogP contribution < -0.4 is 4.74 Å². The maximum Gasteiger partial charge on any atom is 0.223 e. The minimum Gasteiger partial charge on any atom is -0.497 e. The van der Waals surface area contributed by atoms with Crippen molar-refractivity contribution in [1.82, 2.24) is 4.90 Å². The molecule has 0 fully saturated rings. The molecule has 0 radical (unpaired) electrons. The zero-order chi connectivity index (χ0) is 15.8. The lowest BCUT2D eigenvalue weighted by atomic mass is 10.2. The van der Waals surface area contributed by atoms with E-state index in [1.807, 2.05) is 61.6 Å². The largest absolute Gasteiger partial charge is 0.497 e. The SMILES string of the molecule is COc1ccc(SCCC(=O)N(C)Cc2ccccc2)cc1. The van der Waals surface area contributed by atoms with E-state index in [2.05, 4.69) is 0 Å². The van der Waals surface area contributed by atoms with Crippen molar-refractivity contribution in [3.63, 3.8) is 0 Å². The predicted molar refractivity (Wildman–Crippen MR) is 91.3 cm³/mol. The summed E-state index contributed by atoms with van der Waals surface area (Å²) in [7, 11) is 3.51. The first-order valence-electron chi connectivity index (χ1n) is 7.24. The van der Waals surface area contributed by atoms with Crippen LogP contribution in [0.5, 0.6) is 5.75 Å². The summed E-state index contributed by atoms with van der Waals surface area (Å²) >= 11 is 1.69. The van der Waals surface area contributed by atoms with Crippen molar-refractivity contribution in [1.29, 1.82) is 0 Å². The minimum atomic E-state index is 0.171. The number of carbonyl (C=O) groups excluding carboxylic acids is 1. The second-order valence-electron chi connectivity index (χ2n) is 5.01. The lowest BCUT2D eigenvalue weighted by Gasteiger charge is -2.17. The molecule has 2 rings (SSSR count). The van der Waals surface area contributed by atoms with Gasteiger partial charge in [-0.15, -0.1) is 11.8 Å². The van der Waals surface area contributed by atoms with Gasteiger partial charge in [0.15, 0.2) is 0 Å². The molecule has 22 heavy (non-hydrogen) atoms. The Labute approximate surface area is 136 Å². The van der Waals surface area contributed by atoms with E-state index in [0.29, 0.717) is 13.0 Å². The quantitative estimate of drug-likeness (QED) is 0.727. The number of amides is 1. The molecule has 0 aromatic heterocycles. The molecule has 2 aromatic carbocycles. The van der Waals surface area contributed by atoms with Crippen LogP contribution in [0, 0.1) is 0 Å². The molecule has 116 valence electrons. The molecule has 0 heterocycles. The van der Waals surface area contributed by atoms with Gasteiger partial charge in [-0.25, -0.2) is 0 Å². The van der Waals surface area contributed by atoms with E-state index in [1.54, 1.807) is 23.8 Å².